The van der Waals surface area contributed by atoms with Gasteiger partial charge in [-0.1, -0.05) is 18.1 Å². The minimum absolute atomic E-state index is 0.212. The summed E-state index contributed by atoms with van der Waals surface area (Å²) in [5, 5.41) is 12.8. The Morgan fingerprint density at radius 1 is 1.71 bits per heavy atom. The van der Waals surface area contributed by atoms with Crippen LogP contribution in [0.2, 0.25) is 0 Å². The predicted octanol–water partition coefficient (Wildman–Crippen LogP) is 2.51. The Balaban J connectivity index is 3.06. The standard InChI is InChI=1S/C11H14N4O2/c1-8(14-15-12)7-11(2,10(16)17)9-5-3-4-6-13-9/h3-6,8H,7H2,1-2H3,(H,16,17). The third kappa shape index (κ3) is 2.95. The second kappa shape index (κ2) is 5.32. The summed E-state index contributed by atoms with van der Waals surface area (Å²) in [5.41, 5.74) is 7.66. The Kier molecular flexibility index (Phi) is 4.06. The van der Waals surface area contributed by atoms with E-state index in [-0.39, 0.29) is 6.42 Å². The molecule has 2 unspecified atom stereocenters. The van der Waals surface area contributed by atoms with Crippen LogP contribution in [0, 0.1) is 0 Å². The fraction of sp³-hybridized carbons (Fsp3) is 0.455. The Hall–Kier alpha value is -2.07. The highest BCUT2D eigenvalue weighted by molar-refractivity contribution is 5.80. The molecule has 1 N–H and O–H groups in total. The van der Waals surface area contributed by atoms with E-state index in [1.807, 2.05) is 0 Å². The van der Waals surface area contributed by atoms with Gasteiger partial charge in [0, 0.05) is 17.2 Å². The van der Waals surface area contributed by atoms with Crippen molar-refractivity contribution in [1.29, 1.82) is 0 Å². The Morgan fingerprint density at radius 2 is 2.41 bits per heavy atom. The van der Waals surface area contributed by atoms with Crippen molar-refractivity contribution in [3.05, 3.63) is 40.5 Å². The molecule has 1 aromatic heterocycles. The van der Waals surface area contributed by atoms with Crippen molar-refractivity contribution in [2.45, 2.75) is 31.7 Å². The first-order chi connectivity index (χ1) is 8.00. The van der Waals surface area contributed by atoms with Gasteiger partial charge in [-0.3, -0.25) is 9.78 Å². The molecule has 0 saturated heterocycles. The van der Waals surface area contributed by atoms with Gasteiger partial charge in [0.15, 0.2) is 0 Å². The summed E-state index contributed by atoms with van der Waals surface area (Å²) in [4.78, 5) is 18.1. The first kappa shape index (κ1) is 13.0. The van der Waals surface area contributed by atoms with Crippen LogP contribution in [0.1, 0.15) is 26.0 Å². The molecule has 0 aliphatic carbocycles. The maximum atomic E-state index is 11.4. The predicted molar refractivity (Wildman–Crippen MR) is 62.4 cm³/mol. The van der Waals surface area contributed by atoms with Crippen LogP contribution >= 0.6 is 0 Å². The van der Waals surface area contributed by atoms with E-state index in [1.165, 1.54) is 0 Å². The Bertz CT molecular complexity index is 442. The largest absolute Gasteiger partial charge is 0.481 e. The molecule has 0 spiro atoms. The summed E-state index contributed by atoms with van der Waals surface area (Å²) in [6, 6.07) is 4.73. The summed E-state index contributed by atoms with van der Waals surface area (Å²) < 4.78 is 0. The van der Waals surface area contributed by atoms with Crippen molar-refractivity contribution in [2.24, 2.45) is 5.11 Å². The molecule has 1 rings (SSSR count). The monoisotopic (exact) mass is 234 g/mol. The lowest BCUT2D eigenvalue weighted by atomic mass is 9.80. The summed E-state index contributed by atoms with van der Waals surface area (Å²) in [6.07, 6.45) is 1.76. The van der Waals surface area contributed by atoms with Crippen LogP contribution in [0.15, 0.2) is 29.5 Å². The highest BCUT2D eigenvalue weighted by Crippen LogP contribution is 2.28. The lowest BCUT2D eigenvalue weighted by molar-refractivity contribution is -0.143. The van der Waals surface area contributed by atoms with Gasteiger partial charge in [0.05, 0.1) is 5.69 Å². The van der Waals surface area contributed by atoms with Crippen LogP contribution in [0.4, 0.5) is 0 Å². The van der Waals surface area contributed by atoms with E-state index in [1.54, 1.807) is 38.2 Å². The number of rotatable bonds is 5. The number of aliphatic carboxylic acids is 1. The number of nitrogens with zero attached hydrogens (tertiary/aromatic N) is 4. The molecule has 6 nitrogen and oxygen atoms in total. The van der Waals surface area contributed by atoms with Crippen LogP contribution in [0.3, 0.4) is 0 Å². The van der Waals surface area contributed by atoms with E-state index in [2.05, 4.69) is 15.0 Å². The molecular formula is C11H14N4O2. The van der Waals surface area contributed by atoms with Crippen LogP contribution < -0.4 is 0 Å². The van der Waals surface area contributed by atoms with Crippen molar-refractivity contribution >= 4 is 5.97 Å². The second-order valence-electron chi connectivity index (χ2n) is 4.11. The first-order valence-electron chi connectivity index (χ1n) is 5.20. The number of carboxylic acid groups (broad SMARTS) is 1. The van der Waals surface area contributed by atoms with Crippen LogP contribution in [0.25, 0.3) is 10.4 Å². The number of carbonyl (C=O) groups is 1. The van der Waals surface area contributed by atoms with Gasteiger partial charge in [0.2, 0.25) is 0 Å². The van der Waals surface area contributed by atoms with Crippen molar-refractivity contribution in [2.75, 3.05) is 0 Å². The van der Waals surface area contributed by atoms with Crippen LogP contribution in [-0.4, -0.2) is 22.1 Å². The lowest BCUT2D eigenvalue weighted by Crippen LogP contribution is -2.36. The van der Waals surface area contributed by atoms with Crippen molar-refractivity contribution in [3.8, 4) is 0 Å². The van der Waals surface area contributed by atoms with Gasteiger partial charge in [-0.05, 0) is 31.0 Å². The molecule has 6 heteroatoms. The molecule has 0 aromatic carbocycles. The molecule has 90 valence electrons. The van der Waals surface area contributed by atoms with Crippen LogP contribution in [0.5, 0.6) is 0 Å². The molecule has 17 heavy (non-hydrogen) atoms. The SMILES string of the molecule is CC(CC(C)(C(=O)O)c1ccccn1)N=[N+]=[N-]. The van der Waals surface area contributed by atoms with Crippen molar-refractivity contribution < 1.29 is 9.90 Å². The molecule has 0 radical (unpaired) electrons. The number of azide groups is 1. The van der Waals surface area contributed by atoms with Gasteiger partial charge < -0.3 is 5.11 Å². The first-order valence-corrected chi connectivity index (χ1v) is 5.20. The van der Waals surface area contributed by atoms with Crippen molar-refractivity contribution in [1.82, 2.24) is 4.98 Å². The number of aromatic nitrogens is 1. The van der Waals surface area contributed by atoms with E-state index in [0.29, 0.717) is 5.69 Å². The zero-order valence-electron chi connectivity index (χ0n) is 9.74. The lowest BCUT2D eigenvalue weighted by Gasteiger charge is -2.25. The van der Waals surface area contributed by atoms with Gasteiger partial charge >= 0.3 is 5.97 Å². The minimum atomic E-state index is -1.14. The number of hydrogen-bond acceptors (Lipinski definition) is 3. The highest BCUT2D eigenvalue weighted by Gasteiger charge is 2.37. The molecule has 0 aliphatic rings. The van der Waals surface area contributed by atoms with Crippen molar-refractivity contribution in [3.63, 3.8) is 0 Å². The molecule has 0 bridgehead atoms. The van der Waals surface area contributed by atoms with E-state index in [0.717, 1.165) is 0 Å². The summed E-state index contributed by atoms with van der Waals surface area (Å²) >= 11 is 0. The zero-order chi connectivity index (χ0) is 12.9. The third-order valence-corrected chi connectivity index (χ3v) is 2.65. The van der Waals surface area contributed by atoms with Gasteiger partial charge in [-0.25, -0.2) is 0 Å². The molecule has 1 heterocycles. The summed E-state index contributed by atoms with van der Waals surface area (Å²) in [6.45, 7) is 3.27. The molecule has 2 atom stereocenters. The maximum absolute atomic E-state index is 11.4. The highest BCUT2D eigenvalue weighted by atomic mass is 16.4. The smallest absolute Gasteiger partial charge is 0.315 e. The fourth-order valence-corrected chi connectivity index (χ4v) is 1.71. The topological polar surface area (TPSA) is 99.0 Å². The number of hydrogen-bond donors (Lipinski definition) is 1. The quantitative estimate of drug-likeness (QED) is 0.481. The minimum Gasteiger partial charge on any atom is -0.481 e. The summed E-state index contributed by atoms with van der Waals surface area (Å²) in [7, 11) is 0. The third-order valence-electron chi connectivity index (χ3n) is 2.65. The average Bonchev–Trinajstić information content (AvgIpc) is 2.30. The average molecular weight is 234 g/mol. The molecule has 0 aliphatic heterocycles. The number of pyridine rings is 1. The van der Waals surface area contributed by atoms with Crippen LogP contribution in [-0.2, 0) is 10.2 Å². The van der Waals surface area contributed by atoms with E-state index in [4.69, 9.17) is 5.53 Å². The van der Waals surface area contributed by atoms with E-state index < -0.39 is 17.4 Å². The normalized spacial score (nSPS) is 15.4. The van der Waals surface area contributed by atoms with Gasteiger partial charge in [-0.2, -0.15) is 0 Å². The molecular weight excluding hydrogens is 220 g/mol. The van der Waals surface area contributed by atoms with Gasteiger partial charge in [0.25, 0.3) is 0 Å². The molecule has 0 amide bonds. The fourth-order valence-electron chi connectivity index (χ4n) is 1.71. The van der Waals surface area contributed by atoms with Gasteiger partial charge in [0.1, 0.15) is 5.41 Å². The molecule has 0 fully saturated rings. The molecule has 0 saturated carbocycles. The van der Waals surface area contributed by atoms with Gasteiger partial charge in [-0.15, -0.1) is 0 Å². The maximum Gasteiger partial charge on any atom is 0.315 e. The number of carboxylic acids is 1. The van der Waals surface area contributed by atoms with E-state index >= 15 is 0 Å². The second-order valence-corrected chi connectivity index (χ2v) is 4.11. The van der Waals surface area contributed by atoms with E-state index in [9.17, 15) is 9.90 Å². The Morgan fingerprint density at radius 3 is 2.88 bits per heavy atom. The summed E-state index contributed by atoms with van der Waals surface area (Å²) in [5.74, 6) is -0.976. The Labute approximate surface area is 98.9 Å². The zero-order valence-corrected chi connectivity index (χ0v) is 9.74. The molecule has 1 aromatic rings.